The summed E-state index contributed by atoms with van der Waals surface area (Å²) in [4.78, 5) is 12.4. The fourth-order valence-corrected chi connectivity index (χ4v) is 2.43. The Balaban J connectivity index is 2.08. The van der Waals surface area contributed by atoms with Crippen LogP contribution in [0.4, 0.5) is 0 Å². The Morgan fingerprint density at radius 2 is 1.65 bits per heavy atom. The van der Waals surface area contributed by atoms with Crippen molar-refractivity contribution in [1.29, 1.82) is 0 Å². The normalized spacial score (nSPS) is 12.6. The molecule has 2 aromatic rings. The highest BCUT2D eigenvalue weighted by atomic mass is 16.5. The third-order valence-electron chi connectivity index (χ3n) is 3.31. The molecule has 2 aromatic carbocycles. The second kappa shape index (κ2) is 5.10. The number of amides is 1. The number of rotatable bonds is 2. The van der Waals surface area contributed by atoms with E-state index in [0.29, 0.717) is 11.5 Å². The summed E-state index contributed by atoms with van der Waals surface area (Å²) in [5.74, 6) is 3.36. The predicted molar refractivity (Wildman–Crippen MR) is 76.6 cm³/mol. The van der Waals surface area contributed by atoms with Gasteiger partial charge in [-0.05, 0) is 12.1 Å². The molecule has 0 saturated carbocycles. The minimum absolute atomic E-state index is 0.105. The van der Waals surface area contributed by atoms with Crippen molar-refractivity contribution in [2.45, 2.75) is 5.92 Å². The van der Waals surface area contributed by atoms with E-state index >= 15 is 0 Å². The Labute approximate surface area is 117 Å². The molecule has 0 fully saturated rings. The van der Waals surface area contributed by atoms with Crippen LogP contribution >= 0.6 is 0 Å². The van der Waals surface area contributed by atoms with E-state index in [9.17, 15) is 4.79 Å². The maximum absolute atomic E-state index is 12.4. The molecular formula is C17H13NO2. The number of fused-ring (bicyclic) bond motifs is 2. The molecule has 98 valence electrons. The molecule has 20 heavy (non-hydrogen) atoms. The minimum atomic E-state index is -0.385. The lowest BCUT2D eigenvalue weighted by molar-refractivity contribution is -0.121. The van der Waals surface area contributed by atoms with E-state index in [2.05, 4.69) is 11.2 Å². The van der Waals surface area contributed by atoms with Gasteiger partial charge in [-0.3, -0.25) is 4.79 Å². The molecule has 0 spiro atoms. The van der Waals surface area contributed by atoms with Gasteiger partial charge in [0.15, 0.2) is 0 Å². The lowest BCUT2D eigenvalue weighted by Crippen LogP contribution is -2.31. The maximum atomic E-state index is 12.4. The Bertz CT molecular complexity index is 655. The summed E-state index contributed by atoms with van der Waals surface area (Å²) < 4.78 is 5.84. The van der Waals surface area contributed by atoms with Crippen molar-refractivity contribution in [1.82, 2.24) is 5.32 Å². The lowest BCUT2D eigenvalue weighted by Gasteiger charge is -2.27. The van der Waals surface area contributed by atoms with E-state index in [1.54, 1.807) is 0 Å². The van der Waals surface area contributed by atoms with E-state index in [1.807, 2.05) is 48.5 Å². The highest BCUT2D eigenvalue weighted by Crippen LogP contribution is 2.43. The molecule has 1 heterocycles. The van der Waals surface area contributed by atoms with Gasteiger partial charge in [0, 0.05) is 11.1 Å². The fourth-order valence-electron chi connectivity index (χ4n) is 2.43. The minimum Gasteiger partial charge on any atom is -0.457 e. The van der Waals surface area contributed by atoms with Gasteiger partial charge in [-0.1, -0.05) is 42.3 Å². The molecule has 0 bridgehead atoms. The molecule has 3 heteroatoms. The van der Waals surface area contributed by atoms with Gasteiger partial charge >= 0.3 is 0 Å². The van der Waals surface area contributed by atoms with Crippen molar-refractivity contribution in [2.24, 2.45) is 0 Å². The van der Waals surface area contributed by atoms with Crippen LogP contribution in [0.1, 0.15) is 17.0 Å². The van der Waals surface area contributed by atoms with Crippen LogP contribution in [0.2, 0.25) is 0 Å². The molecule has 0 radical (unpaired) electrons. The number of nitrogens with one attached hydrogen (secondary N) is 1. The average Bonchev–Trinajstić information content (AvgIpc) is 2.50. The van der Waals surface area contributed by atoms with Crippen molar-refractivity contribution in [2.75, 3.05) is 6.54 Å². The number of hydrogen-bond acceptors (Lipinski definition) is 2. The number of carbonyl (C=O) groups is 1. The maximum Gasteiger partial charge on any atom is 0.233 e. The summed E-state index contributed by atoms with van der Waals surface area (Å²) in [6.45, 7) is 0.223. The van der Waals surface area contributed by atoms with Crippen LogP contribution in [0, 0.1) is 12.3 Å². The summed E-state index contributed by atoms with van der Waals surface area (Å²) in [6, 6.07) is 15.1. The van der Waals surface area contributed by atoms with Crippen LogP contribution in [-0.2, 0) is 4.79 Å². The van der Waals surface area contributed by atoms with E-state index in [4.69, 9.17) is 11.2 Å². The predicted octanol–water partition coefficient (Wildman–Crippen LogP) is 2.67. The Morgan fingerprint density at radius 1 is 1.10 bits per heavy atom. The topological polar surface area (TPSA) is 38.3 Å². The summed E-state index contributed by atoms with van der Waals surface area (Å²) in [6.07, 6.45) is 5.21. The van der Waals surface area contributed by atoms with Gasteiger partial charge in [0.05, 0.1) is 12.5 Å². The van der Waals surface area contributed by atoms with Crippen LogP contribution in [-0.4, -0.2) is 12.5 Å². The van der Waals surface area contributed by atoms with Gasteiger partial charge in [0.2, 0.25) is 5.91 Å². The van der Waals surface area contributed by atoms with Crippen molar-refractivity contribution in [3.63, 3.8) is 0 Å². The van der Waals surface area contributed by atoms with Gasteiger partial charge in [0.25, 0.3) is 0 Å². The largest absolute Gasteiger partial charge is 0.457 e. The fraction of sp³-hybridized carbons (Fsp3) is 0.118. The Hall–Kier alpha value is -2.73. The zero-order valence-corrected chi connectivity index (χ0v) is 10.8. The number of para-hydroxylation sites is 2. The molecule has 0 unspecified atom stereocenters. The molecule has 1 aliphatic rings. The average molecular weight is 263 g/mol. The molecule has 0 aliphatic carbocycles. The first-order valence-corrected chi connectivity index (χ1v) is 6.38. The molecule has 3 rings (SSSR count). The van der Waals surface area contributed by atoms with Crippen molar-refractivity contribution in [3.8, 4) is 23.8 Å². The molecule has 3 nitrogen and oxygen atoms in total. The van der Waals surface area contributed by atoms with E-state index in [1.165, 1.54) is 0 Å². The summed E-state index contributed by atoms with van der Waals surface area (Å²) >= 11 is 0. The van der Waals surface area contributed by atoms with E-state index < -0.39 is 0 Å². The van der Waals surface area contributed by atoms with Gasteiger partial charge in [0.1, 0.15) is 11.5 Å². The first-order chi connectivity index (χ1) is 9.81. The van der Waals surface area contributed by atoms with Gasteiger partial charge in [-0.25, -0.2) is 0 Å². The van der Waals surface area contributed by atoms with Crippen LogP contribution in [0.25, 0.3) is 0 Å². The number of terminal acetylenes is 1. The van der Waals surface area contributed by atoms with Crippen molar-refractivity contribution in [3.05, 3.63) is 59.7 Å². The quantitative estimate of drug-likeness (QED) is 0.846. The number of hydrogen-bond donors (Lipinski definition) is 1. The van der Waals surface area contributed by atoms with Crippen molar-refractivity contribution >= 4 is 5.91 Å². The van der Waals surface area contributed by atoms with Crippen LogP contribution in [0.15, 0.2) is 48.5 Å². The third kappa shape index (κ3) is 2.02. The first-order valence-electron chi connectivity index (χ1n) is 6.38. The monoisotopic (exact) mass is 263 g/mol. The van der Waals surface area contributed by atoms with E-state index in [0.717, 1.165) is 11.1 Å². The van der Waals surface area contributed by atoms with Crippen LogP contribution in [0.3, 0.4) is 0 Å². The first kappa shape index (κ1) is 12.3. The summed E-state index contributed by atoms with van der Waals surface area (Å²) in [5, 5.41) is 2.75. The molecule has 1 amide bonds. The SMILES string of the molecule is C#CCNC(=O)C1c2ccccc2Oc2ccccc21. The van der Waals surface area contributed by atoms with Gasteiger partial charge in [-0.15, -0.1) is 6.42 Å². The number of carbonyl (C=O) groups excluding carboxylic acids is 1. The molecule has 1 aliphatic heterocycles. The standard InChI is InChI=1S/C17H13NO2/c1-2-11-18-17(19)16-12-7-3-5-9-14(12)20-15-10-6-4-8-13(15)16/h1,3-10,16H,11H2,(H,18,19). The Kier molecular flexibility index (Phi) is 3.14. The van der Waals surface area contributed by atoms with Gasteiger partial charge in [-0.2, -0.15) is 0 Å². The smallest absolute Gasteiger partial charge is 0.233 e. The van der Waals surface area contributed by atoms with Crippen molar-refractivity contribution < 1.29 is 9.53 Å². The molecule has 0 saturated heterocycles. The molecular weight excluding hydrogens is 250 g/mol. The molecule has 0 atom stereocenters. The third-order valence-corrected chi connectivity index (χ3v) is 3.31. The lowest BCUT2D eigenvalue weighted by atomic mass is 9.87. The second-order valence-electron chi connectivity index (χ2n) is 4.53. The summed E-state index contributed by atoms with van der Waals surface area (Å²) in [7, 11) is 0. The highest BCUT2D eigenvalue weighted by Gasteiger charge is 2.31. The van der Waals surface area contributed by atoms with Gasteiger partial charge < -0.3 is 10.1 Å². The van der Waals surface area contributed by atoms with E-state index in [-0.39, 0.29) is 18.4 Å². The Morgan fingerprint density at radius 3 is 2.20 bits per heavy atom. The number of benzene rings is 2. The number of ether oxygens (including phenoxy) is 1. The van der Waals surface area contributed by atoms with Crippen LogP contribution < -0.4 is 10.1 Å². The second-order valence-corrected chi connectivity index (χ2v) is 4.53. The molecule has 0 aromatic heterocycles. The highest BCUT2D eigenvalue weighted by molar-refractivity contribution is 5.89. The molecule has 1 N–H and O–H groups in total. The zero-order chi connectivity index (χ0) is 13.9. The zero-order valence-electron chi connectivity index (χ0n) is 10.8. The van der Waals surface area contributed by atoms with Crippen LogP contribution in [0.5, 0.6) is 11.5 Å². The summed E-state index contributed by atoms with van der Waals surface area (Å²) in [5.41, 5.74) is 1.72.